The molecule has 2 aliphatic rings. The molecular weight excluding hydrogens is 365 g/mol. The van der Waals surface area contributed by atoms with Crippen LogP contribution in [0.5, 0.6) is 0 Å². The molecule has 0 aliphatic carbocycles. The van der Waals surface area contributed by atoms with E-state index in [1.807, 2.05) is 17.1 Å². The molecule has 1 aromatic heterocycles. The van der Waals surface area contributed by atoms with Gasteiger partial charge in [0.1, 0.15) is 5.82 Å². The average Bonchev–Trinajstić information content (AvgIpc) is 3.21. The highest BCUT2D eigenvalue weighted by Crippen LogP contribution is 2.42. The molecular formula is C20H18FN3O2S. The summed E-state index contributed by atoms with van der Waals surface area (Å²) in [6.45, 7) is 1.54. The van der Waals surface area contributed by atoms with Gasteiger partial charge in [-0.25, -0.2) is 14.4 Å². The number of piperidine rings is 1. The summed E-state index contributed by atoms with van der Waals surface area (Å²) in [4.78, 5) is 13.0. The van der Waals surface area contributed by atoms with Crippen LogP contribution in [0.15, 0.2) is 36.4 Å². The van der Waals surface area contributed by atoms with E-state index in [0.717, 1.165) is 48.0 Å². The molecule has 5 nitrogen and oxygen atoms in total. The first-order valence-corrected chi connectivity index (χ1v) is 9.87. The summed E-state index contributed by atoms with van der Waals surface area (Å²) in [5.41, 5.74) is 2.50. The molecule has 7 heteroatoms. The summed E-state index contributed by atoms with van der Waals surface area (Å²) in [6, 6.07) is 10.0. The van der Waals surface area contributed by atoms with Gasteiger partial charge in [0.15, 0.2) is 6.23 Å². The van der Waals surface area contributed by atoms with Crippen molar-refractivity contribution in [2.75, 3.05) is 13.1 Å². The molecule has 138 valence electrons. The van der Waals surface area contributed by atoms with Gasteiger partial charge in [0.05, 0.1) is 10.4 Å². The first-order chi connectivity index (χ1) is 13.1. The second kappa shape index (κ2) is 6.37. The Labute approximate surface area is 159 Å². The number of benzene rings is 2. The standard InChI is InChI=1S/C20H18FN3O2S/c21-12-7-8-13-16(11-12)27-22-18(13)14-5-4-6-15-17(14)20(26)24(19(15)25)23-9-2-1-3-10-23/h4-8,11,20,26H,1-3,9-10H2. The molecule has 2 aliphatic heterocycles. The number of halogens is 1. The van der Waals surface area contributed by atoms with Gasteiger partial charge >= 0.3 is 0 Å². The molecule has 27 heavy (non-hydrogen) atoms. The molecule has 3 heterocycles. The fourth-order valence-electron chi connectivity index (χ4n) is 4.07. The lowest BCUT2D eigenvalue weighted by Crippen LogP contribution is -2.47. The summed E-state index contributed by atoms with van der Waals surface area (Å²) in [5.74, 6) is -0.477. The average molecular weight is 383 g/mol. The van der Waals surface area contributed by atoms with E-state index in [1.54, 1.807) is 12.1 Å². The predicted octanol–water partition coefficient (Wildman–Crippen LogP) is 3.95. The second-order valence-corrected chi connectivity index (χ2v) is 7.78. The van der Waals surface area contributed by atoms with Crippen molar-refractivity contribution >= 4 is 27.5 Å². The number of hydrogen-bond acceptors (Lipinski definition) is 5. The molecule has 1 saturated heterocycles. The molecule has 0 spiro atoms. The molecule has 1 fully saturated rings. The van der Waals surface area contributed by atoms with Crippen molar-refractivity contribution in [3.8, 4) is 11.3 Å². The van der Waals surface area contributed by atoms with E-state index < -0.39 is 6.23 Å². The Kier molecular flexibility index (Phi) is 3.96. The maximum atomic E-state index is 13.5. The summed E-state index contributed by atoms with van der Waals surface area (Å²) in [6.07, 6.45) is 2.15. The SMILES string of the molecule is O=C1c2cccc(-c3nsc4cc(F)ccc34)c2C(O)N1N1CCCCC1. The molecule has 1 amide bonds. The summed E-state index contributed by atoms with van der Waals surface area (Å²) < 4.78 is 18.8. The third-order valence-corrected chi connectivity index (χ3v) is 6.17. The zero-order valence-electron chi connectivity index (χ0n) is 14.6. The van der Waals surface area contributed by atoms with E-state index in [9.17, 15) is 14.3 Å². The number of aromatic nitrogens is 1. The van der Waals surface area contributed by atoms with Crippen LogP contribution in [0.3, 0.4) is 0 Å². The van der Waals surface area contributed by atoms with Crippen LogP contribution in [0, 0.1) is 5.82 Å². The van der Waals surface area contributed by atoms with Gasteiger partial charge in [0.25, 0.3) is 5.91 Å². The summed E-state index contributed by atoms with van der Waals surface area (Å²) in [5, 5.41) is 15.3. The van der Waals surface area contributed by atoms with Crippen LogP contribution >= 0.6 is 11.5 Å². The fourth-order valence-corrected chi connectivity index (χ4v) is 4.89. The minimum absolute atomic E-state index is 0.174. The number of fused-ring (bicyclic) bond motifs is 2. The number of carbonyl (C=O) groups excluding carboxylic acids is 1. The number of hydrogen-bond donors (Lipinski definition) is 1. The van der Waals surface area contributed by atoms with Crippen molar-refractivity contribution in [2.24, 2.45) is 0 Å². The zero-order valence-corrected chi connectivity index (χ0v) is 15.4. The third kappa shape index (κ3) is 2.57. The highest BCUT2D eigenvalue weighted by atomic mass is 32.1. The van der Waals surface area contributed by atoms with Gasteiger partial charge in [-0.05, 0) is 48.6 Å². The maximum absolute atomic E-state index is 13.5. The predicted molar refractivity (Wildman–Crippen MR) is 102 cm³/mol. The smallest absolute Gasteiger partial charge is 0.271 e. The number of nitrogens with zero attached hydrogens (tertiary/aromatic N) is 3. The van der Waals surface area contributed by atoms with Gasteiger partial charge in [0.2, 0.25) is 0 Å². The Morgan fingerprint density at radius 3 is 2.70 bits per heavy atom. The van der Waals surface area contributed by atoms with Crippen LogP contribution in [0.1, 0.15) is 41.4 Å². The quantitative estimate of drug-likeness (QED) is 0.728. The monoisotopic (exact) mass is 383 g/mol. The van der Waals surface area contributed by atoms with Crippen molar-refractivity contribution in [2.45, 2.75) is 25.5 Å². The Hall–Kier alpha value is -2.35. The lowest BCUT2D eigenvalue weighted by Gasteiger charge is -2.36. The molecule has 1 unspecified atom stereocenters. The number of amides is 1. The van der Waals surface area contributed by atoms with Crippen molar-refractivity contribution in [1.82, 2.24) is 14.4 Å². The lowest BCUT2D eigenvalue weighted by atomic mass is 9.98. The summed E-state index contributed by atoms with van der Waals surface area (Å²) >= 11 is 1.22. The van der Waals surface area contributed by atoms with Crippen LogP contribution in [0.4, 0.5) is 4.39 Å². The third-order valence-electron chi connectivity index (χ3n) is 5.36. The molecule has 1 atom stereocenters. The van der Waals surface area contributed by atoms with Gasteiger partial charge in [-0.15, -0.1) is 0 Å². The number of rotatable bonds is 2. The highest BCUT2D eigenvalue weighted by Gasteiger charge is 2.41. The fraction of sp³-hybridized carbons (Fsp3) is 0.300. The van der Waals surface area contributed by atoms with Gasteiger partial charge in [-0.2, -0.15) is 4.37 Å². The van der Waals surface area contributed by atoms with Crippen molar-refractivity contribution < 1.29 is 14.3 Å². The Morgan fingerprint density at radius 2 is 1.89 bits per heavy atom. The normalized spacial score (nSPS) is 20.4. The minimum Gasteiger partial charge on any atom is -0.368 e. The maximum Gasteiger partial charge on any atom is 0.271 e. The van der Waals surface area contributed by atoms with Crippen LogP contribution in [-0.2, 0) is 0 Å². The highest BCUT2D eigenvalue weighted by molar-refractivity contribution is 7.13. The van der Waals surface area contributed by atoms with Crippen molar-refractivity contribution in [1.29, 1.82) is 0 Å². The van der Waals surface area contributed by atoms with Crippen molar-refractivity contribution in [3.05, 3.63) is 53.3 Å². The number of aliphatic hydroxyl groups is 1. The molecule has 0 bridgehead atoms. The van der Waals surface area contributed by atoms with E-state index >= 15 is 0 Å². The van der Waals surface area contributed by atoms with Gasteiger partial charge < -0.3 is 5.11 Å². The van der Waals surface area contributed by atoms with Gasteiger partial charge in [-0.3, -0.25) is 4.79 Å². The lowest BCUT2D eigenvalue weighted by molar-refractivity contribution is -0.109. The molecule has 5 rings (SSSR count). The zero-order chi connectivity index (χ0) is 18.5. The first kappa shape index (κ1) is 16.8. The second-order valence-electron chi connectivity index (χ2n) is 6.98. The van der Waals surface area contributed by atoms with E-state index in [1.165, 1.54) is 28.7 Å². The Balaban J connectivity index is 1.63. The Morgan fingerprint density at radius 1 is 1.11 bits per heavy atom. The molecule has 0 saturated carbocycles. The molecule has 2 aromatic carbocycles. The summed E-state index contributed by atoms with van der Waals surface area (Å²) in [7, 11) is 0. The van der Waals surface area contributed by atoms with Crippen LogP contribution in [-0.4, -0.2) is 38.5 Å². The van der Waals surface area contributed by atoms with Crippen LogP contribution < -0.4 is 0 Å². The number of hydrazine groups is 1. The van der Waals surface area contributed by atoms with E-state index in [2.05, 4.69) is 4.37 Å². The van der Waals surface area contributed by atoms with E-state index in [0.29, 0.717) is 16.8 Å². The van der Waals surface area contributed by atoms with Crippen molar-refractivity contribution in [3.63, 3.8) is 0 Å². The number of aliphatic hydroxyl groups excluding tert-OH is 1. The van der Waals surface area contributed by atoms with Crippen LogP contribution in [0.25, 0.3) is 21.3 Å². The Bertz CT molecular complexity index is 1040. The van der Waals surface area contributed by atoms with E-state index in [4.69, 9.17) is 0 Å². The topological polar surface area (TPSA) is 56.7 Å². The van der Waals surface area contributed by atoms with E-state index in [-0.39, 0.29) is 11.7 Å². The van der Waals surface area contributed by atoms with Crippen LogP contribution in [0.2, 0.25) is 0 Å². The van der Waals surface area contributed by atoms with Gasteiger partial charge in [-0.1, -0.05) is 18.6 Å². The number of carbonyl (C=O) groups is 1. The first-order valence-electron chi connectivity index (χ1n) is 9.10. The largest absolute Gasteiger partial charge is 0.368 e. The minimum atomic E-state index is -1.03. The molecule has 0 radical (unpaired) electrons. The molecule has 1 N–H and O–H groups in total. The molecule has 3 aromatic rings. The van der Waals surface area contributed by atoms with Gasteiger partial charge in [0, 0.05) is 35.2 Å².